The Hall–Kier alpha value is -2.41. The summed E-state index contributed by atoms with van der Waals surface area (Å²) in [6, 6.07) is 6.23. The lowest BCUT2D eigenvalue weighted by Crippen LogP contribution is -2.48. The summed E-state index contributed by atoms with van der Waals surface area (Å²) in [4.78, 5) is 36.0. The lowest BCUT2D eigenvalue weighted by Gasteiger charge is -2.25. The summed E-state index contributed by atoms with van der Waals surface area (Å²) in [5.74, 6) is 5.20. The van der Waals surface area contributed by atoms with Gasteiger partial charge in [-0.05, 0) is 31.9 Å². The summed E-state index contributed by atoms with van der Waals surface area (Å²) in [5, 5.41) is 3.42. The molecule has 136 valence electrons. The van der Waals surface area contributed by atoms with Crippen molar-refractivity contribution in [3.63, 3.8) is 0 Å². The van der Waals surface area contributed by atoms with E-state index in [4.69, 9.17) is 10.6 Å². The molecule has 1 fully saturated rings. The number of nitrogens with two attached hydrogens (primary N) is 1. The Balaban J connectivity index is 2.10. The molecule has 1 aromatic rings. The number of esters is 1. The van der Waals surface area contributed by atoms with Gasteiger partial charge in [0.15, 0.2) is 12.0 Å². The smallest absolute Gasteiger partial charge is 0.339 e. The van der Waals surface area contributed by atoms with Crippen LogP contribution in [0.15, 0.2) is 24.3 Å². The summed E-state index contributed by atoms with van der Waals surface area (Å²) in [5.41, 5.74) is 0.893. The number of amides is 2. The molecule has 0 heterocycles. The van der Waals surface area contributed by atoms with Gasteiger partial charge in [0.2, 0.25) is 0 Å². The standard InChI is InChI=1S/C18H25N3O4/c1-12(25-13(2)22)21(19)18(24)20-16-11-7-6-10-15(16)17(23)14-8-4-3-5-9-14/h6-7,10-12,14H,3-5,8-9,19H2,1-2H3,(H,20,24). The van der Waals surface area contributed by atoms with Crippen LogP contribution in [-0.2, 0) is 9.53 Å². The highest BCUT2D eigenvalue weighted by atomic mass is 16.6. The van der Waals surface area contributed by atoms with Crippen LogP contribution in [0.2, 0.25) is 0 Å². The van der Waals surface area contributed by atoms with Crippen LogP contribution in [-0.4, -0.2) is 29.0 Å². The highest BCUT2D eigenvalue weighted by Crippen LogP contribution is 2.29. The van der Waals surface area contributed by atoms with Crippen molar-refractivity contribution in [1.82, 2.24) is 5.01 Å². The molecule has 25 heavy (non-hydrogen) atoms. The number of nitrogens with zero attached hydrogens (tertiary/aromatic N) is 1. The minimum atomic E-state index is -0.918. The molecule has 1 saturated carbocycles. The first kappa shape index (κ1) is 18.9. The summed E-state index contributed by atoms with van der Waals surface area (Å²) in [6.45, 7) is 2.72. The summed E-state index contributed by atoms with van der Waals surface area (Å²) < 4.78 is 4.88. The average molecular weight is 347 g/mol. The topological polar surface area (TPSA) is 102 Å². The fourth-order valence-corrected chi connectivity index (χ4v) is 3.03. The first-order valence-electron chi connectivity index (χ1n) is 8.55. The SMILES string of the molecule is CC(=O)OC(C)N(N)C(=O)Nc1ccccc1C(=O)C1CCCCC1. The van der Waals surface area contributed by atoms with E-state index in [-0.39, 0.29) is 11.7 Å². The molecule has 0 saturated heterocycles. The van der Waals surface area contributed by atoms with E-state index >= 15 is 0 Å². The monoisotopic (exact) mass is 347 g/mol. The lowest BCUT2D eigenvalue weighted by atomic mass is 9.83. The Kier molecular flexibility index (Phi) is 6.52. The first-order chi connectivity index (χ1) is 11.9. The normalized spacial score (nSPS) is 16.0. The van der Waals surface area contributed by atoms with Gasteiger partial charge in [-0.3, -0.25) is 9.59 Å². The van der Waals surface area contributed by atoms with Crippen molar-refractivity contribution in [2.24, 2.45) is 11.8 Å². The molecule has 0 bridgehead atoms. The molecule has 7 nitrogen and oxygen atoms in total. The zero-order chi connectivity index (χ0) is 18.4. The van der Waals surface area contributed by atoms with Crippen LogP contribution in [0.4, 0.5) is 10.5 Å². The van der Waals surface area contributed by atoms with Gasteiger partial charge in [-0.15, -0.1) is 0 Å². The number of para-hydroxylation sites is 1. The van der Waals surface area contributed by atoms with Crippen molar-refractivity contribution in [2.75, 3.05) is 5.32 Å². The minimum absolute atomic E-state index is 0.000696. The maximum atomic E-state index is 12.8. The molecule has 0 radical (unpaired) electrons. The fourth-order valence-electron chi connectivity index (χ4n) is 3.03. The number of ether oxygens (including phenoxy) is 1. The van der Waals surface area contributed by atoms with E-state index in [1.165, 1.54) is 20.3 Å². The number of hydrogen-bond donors (Lipinski definition) is 2. The molecular weight excluding hydrogens is 322 g/mol. The zero-order valence-electron chi connectivity index (χ0n) is 14.7. The second kappa shape index (κ2) is 8.62. The molecule has 3 N–H and O–H groups in total. The largest absolute Gasteiger partial charge is 0.440 e. The average Bonchev–Trinajstić information content (AvgIpc) is 2.61. The van der Waals surface area contributed by atoms with Gasteiger partial charge in [0.25, 0.3) is 0 Å². The summed E-state index contributed by atoms with van der Waals surface area (Å²) in [7, 11) is 0. The Morgan fingerprint density at radius 3 is 2.48 bits per heavy atom. The molecule has 1 aliphatic rings. The molecule has 1 atom stereocenters. The third-order valence-electron chi connectivity index (χ3n) is 4.37. The van der Waals surface area contributed by atoms with Gasteiger partial charge in [0.1, 0.15) is 0 Å². The molecule has 0 aliphatic heterocycles. The van der Waals surface area contributed by atoms with Crippen LogP contribution in [0.25, 0.3) is 0 Å². The van der Waals surface area contributed by atoms with Crippen LogP contribution in [0, 0.1) is 5.92 Å². The van der Waals surface area contributed by atoms with Crippen molar-refractivity contribution in [3.8, 4) is 0 Å². The Morgan fingerprint density at radius 1 is 1.20 bits per heavy atom. The third-order valence-corrected chi connectivity index (χ3v) is 4.37. The number of hydrogen-bond acceptors (Lipinski definition) is 5. The predicted molar refractivity (Wildman–Crippen MR) is 93.6 cm³/mol. The predicted octanol–water partition coefficient (Wildman–Crippen LogP) is 3.07. The second-order valence-corrected chi connectivity index (χ2v) is 6.29. The van der Waals surface area contributed by atoms with Crippen molar-refractivity contribution in [3.05, 3.63) is 29.8 Å². The summed E-state index contributed by atoms with van der Waals surface area (Å²) in [6.07, 6.45) is 4.13. The van der Waals surface area contributed by atoms with Gasteiger partial charge in [0.05, 0.1) is 5.69 Å². The van der Waals surface area contributed by atoms with Crippen LogP contribution >= 0.6 is 0 Å². The molecule has 2 rings (SSSR count). The number of Topliss-reactive ketones (excluding diaryl/α,β-unsaturated/α-hetero) is 1. The number of benzene rings is 1. The number of carbonyl (C=O) groups excluding carboxylic acids is 3. The van der Waals surface area contributed by atoms with E-state index in [0.29, 0.717) is 11.3 Å². The van der Waals surface area contributed by atoms with Crippen LogP contribution in [0.3, 0.4) is 0 Å². The van der Waals surface area contributed by atoms with Crippen LogP contribution in [0.5, 0.6) is 0 Å². The van der Waals surface area contributed by atoms with Gasteiger partial charge >= 0.3 is 12.0 Å². The van der Waals surface area contributed by atoms with Crippen molar-refractivity contribution in [1.29, 1.82) is 0 Å². The van der Waals surface area contributed by atoms with E-state index < -0.39 is 18.2 Å². The Labute approximate surface area is 147 Å². The first-order valence-corrected chi connectivity index (χ1v) is 8.55. The van der Waals surface area contributed by atoms with Crippen molar-refractivity contribution >= 4 is 23.5 Å². The van der Waals surface area contributed by atoms with E-state index in [1.54, 1.807) is 24.3 Å². The number of carbonyl (C=O) groups is 3. The Morgan fingerprint density at radius 2 is 1.84 bits per heavy atom. The van der Waals surface area contributed by atoms with E-state index in [1.807, 2.05) is 0 Å². The highest BCUT2D eigenvalue weighted by Gasteiger charge is 2.26. The molecule has 0 aromatic heterocycles. The van der Waals surface area contributed by atoms with Crippen molar-refractivity contribution < 1.29 is 19.1 Å². The quantitative estimate of drug-likeness (QED) is 0.213. The lowest BCUT2D eigenvalue weighted by molar-refractivity contribution is -0.152. The van der Waals surface area contributed by atoms with Gasteiger partial charge in [0, 0.05) is 18.4 Å². The highest BCUT2D eigenvalue weighted by molar-refractivity contribution is 6.05. The molecule has 0 spiro atoms. The molecule has 1 aromatic carbocycles. The molecular formula is C18H25N3O4. The molecule has 1 aliphatic carbocycles. The van der Waals surface area contributed by atoms with Gasteiger partial charge in [-0.25, -0.2) is 15.6 Å². The minimum Gasteiger partial charge on any atom is -0.440 e. The van der Waals surface area contributed by atoms with E-state index in [0.717, 1.165) is 30.7 Å². The number of nitrogens with one attached hydrogen (secondary N) is 1. The number of ketones is 1. The van der Waals surface area contributed by atoms with E-state index in [9.17, 15) is 14.4 Å². The number of hydrazine groups is 1. The van der Waals surface area contributed by atoms with Gasteiger partial charge in [-0.2, -0.15) is 0 Å². The van der Waals surface area contributed by atoms with Crippen LogP contribution in [0.1, 0.15) is 56.3 Å². The number of rotatable bonds is 5. The molecule has 1 unspecified atom stereocenters. The maximum absolute atomic E-state index is 12.8. The second-order valence-electron chi connectivity index (χ2n) is 6.29. The van der Waals surface area contributed by atoms with E-state index in [2.05, 4.69) is 5.32 Å². The Bertz CT molecular complexity index is 641. The van der Waals surface area contributed by atoms with Gasteiger partial charge in [-0.1, -0.05) is 31.4 Å². The fraction of sp³-hybridized carbons (Fsp3) is 0.500. The van der Waals surface area contributed by atoms with Crippen molar-refractivity contribution in [2.45, 2.75) is 52.2 Å². The number of anilines is 1. The molecule has 7 heteroatoms. The third kappa shape index (κ3) is 5.03. The maximum Gasteiger partial charge on any atom is 0.339 e. The number of urea groups is 1. The van der Waals surface area contributed by atoms with Crippen LogP contribution < -0.4 is 11.2 Å². The zero-order valence-corrected chi connectivity index (χ0v) is 14.7. The summed E-state index contributed by atoms with van der Waals surface area (Å²) >= 11 is 0. The molecule has 2 amide bonds. The van der Waals surface area contributed by atoms with Gasteiger partial charge < -0.3 is 10.1 Å².